The molecule has 0 aromatic carbocycles. The van der Waals surface area contributed by atoms with Crippen LogP contribution in [0.25, 0.3) is 0 Å². The molecule has 78 heavy (non-hydrogen) atoms. The van der Waals surface area contributed by atoms with E-state index in [1.807, 2.05) is 0 Å². The molecule has 0 fully saturated rings. The van der Waals surface area contributed by atoms with E-state index in [9.17, 15) is 14.4 Å². The average molecular weight is 1090 g/mol. The number of carbonyl (C=O) groups excluding carboxylic acids is 3. The summed E-state index contributed by atoms with van der Waals surface area (Å²) in [5.74, 6) is -0.869. The third-order valence-electron chi connectivity index (χ3n) is 14.6. The SMILES string of the molecule is CC/C=C\C/C=C\C/C=C\C/C=C\C/C=C\CCCCCCCCCCCC(=O)OCC(COC(=O)CCCCCCCCCCCC)OC(=O)CCCCCCCCCCCCCCC/C=C\C/C=C\CCCCCCC. The van der Waals surface area contributed by atoms with Gasteiger partial charge in [0.25, 0.3) is 0 Å². The van der Waals surface area contributed by atoms with Crippen LogP contribution in [-0.4, -0.2) is 37.2 Å². The number of esters is 3. The second-order valence-corrected chi connectivity index (χ2v) is 22.4. The van der Waals surface area contributed by atoms with E-state index in [1.165, 1.54) is 193 Å². The van der Waals surface area contributed by atoms with Gasteiger partial charge in [-0.2, -0.15) is 0 Å². The van der Waals surface area contributed by atoms with E-state index in [2.05, 4.69) is 106 Å². The van der Waals surface area contributed by atoms with Crippen LogP contribution in [0.5, 0.6) is 0 Å². The lowest BCUT2D eigenvalue weighted by Crippen LogP contribution is -2.30. The average Bonchev–Trinajstić information content (AvgIpc) is 3.44. The fourth-order valence-corrected chi connectivity index (χ4v) is 9.62. The summed E-state index contributed by atoms with van der Waals surface area (Å²) >= 11 is 0. The fourth-order valence-electron chi connectivity index (χ4n) is 9.62. The molecule has 1 atom stereocenters. The monoisotopic (exact) mass is 1090 g/mol. The highest BCUT2D eigenvalue weighted by Gasteiger charge is 2.19. The molecule has 0 aromatic rings. The van der Waals surface area contributed by atoms with Crippen LogP contribution < -0.4 is 0 Å². The number of hydrogen-bond donors (Lipinski definition) is 0. The second kappa shape index (κ2) is 66.1. The van der Waals surface area contributed by atoms with Gasteiger partial charge in [0.05, 0.1) is 0 Å². The summed E-state index contributed by atoms with van der Waals surface area (Å²) in [4.78, 5) is 38.3. The van der Waals surface area contributed by atoms with Crippen molar-refractivity contribution in [3.05, 3.63) is 85.1 Å². The lowest BCUT2D eigenvalue weighted by molar-refractivity contribution is -0.167. The summed E-state index contributed by atoms with van der Waals surface area (Å²) < 4.78 is 16.9. The number of allylic oxidation sites excluding steroid dienone is 14. The molecule has 0 aliphatic carbocycles. The molecule has 0 bridgehead atoms. The van der Waals surface area contributed by atoms with Crippen molar-refractivity contribution in [2.24, 2.45) is 0 Å². The molecule has 1 unspecified atom stereocenters. The van der Waals surface area contributed by atoms with Crippen molar-refractivity contribution in [2.45, 2.75) is 341 Å². The van der Waals surface area contributed by atoms with Crippen LogP contribution in [0.1, 0.15) is 335 Å². The van der Waals surface area contributed by atoms with Crippen molar-refractivity contribution in [1.29, 1.82) is 0 Å². The first-order valence-electron chi connectivity index (χ1n) is 33.6. The Morgan fingerprint density at radius 2 is 0.500 bits per heavy atom. The van der Waals surface area contributed by atoms with Crippen molar-refractivity contribution < 1.29 is 28.6 Å². The van der Waals surface area contributed by atoms with Crippen LogP contribution in [0, 0.1) is 0 Å². The molecule has 0 saturated heterocycles. The van der Waals surface area contributed by atoms with Gasteiger partial charge in [0.1, 0.15) is 13.2 Å². The van der Waals surface area contributed by atoms with Crippen molar-refractivity contribution in [3.8, 4) is 0 Å². The van der Waals surface area contributed by atoms with Gasteiger partial charge in [-0.3, -0.25) is 14.4 Å². The number of rotatable bonds is 61. The predicted octanol–water partition coefficient (Wildman–Crippen LogP) is 23.1. The molecule has 0 radical (unpaired) electrons. The Balaban J connectivity index is 4.23. The molecule has 0 amide bonds. The molecular formula is C72H126O6. The number of ether oxygens (including phenoxy) is 3. The van der Waals surface area contributed by atoms with Gasteiger partial charge < -0.3 is 14.2 Å². The van der Waals surface area contributed by atoms with Gasteiger partial charge in [-0.05, 0) is 96.3 Å². The first kappa shape index (κ1) is 74.6. The van der Waals surface area contributed by atoms with Crippen LogP contribution in [0.15, 0.2) is 85.1 Å². The van der Waals surface area contributed by atoms with Crippen molar-refractivity contribution in [1.82, 2.24) is 0 Å². The lowest BCUT2D eigenvalue weighted by atomic mass is 10.0. The van der Waals surface area contributed by atoms with E-state index >= 15 is 0 Å². The zero-order valence-electron chi connectivity index (χ0n) is 51.7. The summed E-state index contributed by atoms with van der Waals surface area (Å²) in [7, 11) is 0. The van der Waals surface area contributed by atoms with Crippen LogP contribution in [0.2, 0.25) is 0 Å². The smallest absolute Gasteiger partial charge is 0.306 e. The van der Waals surface area contributed by atoms with Crippen LogP contribution in [-0.2, 0) is 28.6 Å². The van der Waals surface area contributed by atoms with Gasteiger partial charge in [0.15, 0.2) is 6.10 Å². The Bertz CT molecular complexity index is 1480. The largest absolute Gasteiger partial charge is 0.462 e. The van der Waals surface area contributed by atoms with Crippen molar-refractivity contribution in [2.75, 3.05) is 13.2 Å². The van der Waals surface area contributed by atoms with Gasteiger partial charge in [-0.15, -0.1) is 0 Å². The molecule has 0 aliphatic rings. The number of carbonyl (C=O) groups is 3. The predicted molar refractivity (Wildman–Crippen MR) is 339 cm³/mol. The molecule has 0 spiro atoms. The first-order valence-corrected chi connectivity index (χ1v) is 33.6. The molecule has 0 rings (SSSR count). The third kappa shape index (κ3) is 63.4. The molecule has 450 valence electrons. The fraction of sp³-hybridized carbons (Fsp3) is 0.764. The van der Waals surface area contributed by atoms with Gasteiger partial charge in [0, 0.05) is 19.3 Å². The Morgan fingerprint density at radius 3 is 0.782 bits per heavy atom. The molecule has 0 aliphatic heterocycles. The summed E-state index contributed by atoms with van der Waals surface area (Å²) in [6, 6.07) is 0. The van der Waals surface area contributed by atoms with Crippen molar-refractivity contribution in [3.63, 3.8) is 0 Å². The topological polar surface area (TPSA) is 78.9 Å². The van der Waals surface area contributed by atoms with Crippen molar-refractivity contribution >= 4 is 17.9 Å². The quantitative estimate of drug-likeness (QED) is 0.0261. The second-order valence-electron chi connectivity index (χ2n) is 22.4. The highest BCUT2D eigenvalue weighted by molar-refractivity contribution is 5.71. The van der Waals surface area contributed by atoms with Gasteiger partial charge in [0.2, 0.25) is 0 Å². The zero-order valence-corrected chi connectivity index (χ0v) is 51.7. The van der Waals surface area contributed by atoms with E-state index < -0.39 is 6.10 Å². The minimum atomic E-state index is -0.778. The maximum absolute atomic E-state index is 12.9. The minimum Gasteiger partial charge on any atom is -0.462 e. The van der Waals surface area contributed by atoms with E-state index in [0.717, 1.165) is 103 Å². The standard InChI is InChI=1S/C72H126O6/c1-4-7-10-13-16-19-22-24-26-28-30-32-34-36-38-40-42-44-46-48-50-53-56-59-62-65-71(74)77-68-69(67-76-70(73)64-61-58-55-52-21-18-15-12-9-6-3)78-72(75)66-63-60-57-54-51-49-47-45-43-41-39-37-35-33-31-29-27-25-23-20-17-14-11-8-5-2/h7,10,16,19,23-26,29-32,36,38,69H,4-6,8-9,11-15,17-18,20-22,27-28,33-35,37,39-68H2,1-3H3/b10-7-,19-16-,25-23-,26-24-,31-29-,32-30-,38-36-. The molecule has 0 N–H and O–H groups in total. The third-order valence-corrected chi connectivity index (χ3v) is 14.6. The van der Waals surface area contributed by atoms with Gasteiger partial charge in [-0.25, -0.2) is 0 Å². The minimum absolute atomic E-state index is 0.0752. The van der Waals surface area contributed by atoms with E-state index in [4.69, 9.17) is 14.2 Å². The molecule has 6 heteroatoms. The Kier molecular flexibility index (Phi) is 63.2. The molecule has 0 heterocycles. The Hall–Kier alpha value is -3.41. The van der Waals surface area contributed by atoms with Crippen LogP contribution in [0.3, 0.4) is 0 Å². The number of unbranched alkanes of at least 4 members (excludes halogenated alkanes) is 36. The van der Waals surface area contributed by atoms with Gasteiger partial charge in [-0.1, -0.05) is 305 Å². The van der Waals surface area contributed by atoms with Crippen LogP contribution >= 0.6 is 0 Å². The highest BCUT2D eigenvalue weighted by atomic mass is 16.6. The van der Waals surface area contributed by atoms with E-state index in [-0.39, 0.29) is 31.1 Å². The van der Waals surface area contributed by atoms with Gasteiger partial charge >= 0.3 is 17.9 Å². The summed E-state index contributed by atoms with van der Waals surface area (Å²) in [5, 5.41) is 0. The van der Waals surface area contributed by atoms with E-state index in [0.29, 0.717) is 19.3 Å². The molecule has 6 nitrogen and oxygen atoms in total. The molecule has 0 saturated carbocycles. The summed E-state index contributed by atoms with van der Waals surface area (Å²) in [6.07, 6.45) is 87.4. The summed E-state index contributed by atoms with van der Waals surface area (Å²) in [6.45, 7) is 6.54. The Morgan fingerprint density at radius 1 is 0.269 bits per heavy atom. The maximum atomic E-state index is 12.9. The first-order chi connectivity index (χ1) is 38.5. The normalized spacial score (nSPS) is 12.6. The number of hydrogen-bond acceptors (Lipinski definition) is 6. The highest BCUT2D eigenvalue weighted by Crippen LogP contribution is 2.17. The Labute approximate surface area is 484 Å². The summed E-state index contributed by atoms with van der Waals surface area (Å²) in [5.41, 5.74) is 0. The van der Waals surface area contributed by atoms with E-state index in [1.54, 1.807) is 0 Å². The van der Waals surface area contributed by atoms with Crippen LogP contribution in [0.4, 0.5) is 0 Å². The molecular weight excluding hydrogens is 961 g/mol. The maximum Gasteiger partial charge on any atom is 0.306 e. The zero-order chi connectivity index (χ0) is 56.4. The lowest BCUT2D eigenvalue weighted by Gasteiger charge is -2.18. The molecule has 0 aromatic heterocycles.